The molecule has 16 heavy (non-hydrogen) atoms. The molecule has 1 aromatic carbocycles. The molecule has 0 aliphatic carbocycles. The van der Waals surface area contributed by atoms with Gasteiger partial charge in [0.2, 0.25) is 5.91 Å². The van der Waals surface area contributed by atoms with Crippen molar-refractivity contribution in [2.45, 2.75) is 39.8 Å². The number of aryl methyl sites for hydroxylation is 2. The van der Waals surface area contributed by atoms with Crippen molar-refractivity contribution in [1.82, 2.24) is 5.32 Å². The summed E-state index contributed by atoms with van der Waals surface area (Å²) >= 11 is 0. The molecule has 0 radical (unpaired) electrons. The molecular formula is C13H20N2O. The van der Waals surface area contributed by atoms with Gasteiger partial charge in [-0.05, 0) is 31.9 Å². The van der Waals surface area contributed by atoms with Gasteiger partial charge >= 0.3 is 0 Å². The fourth-order valence-electron chi connectivity index (χ4n) is 1.70. The van der Waals surface area contributed by atoms with Crippen LogP contribution >= 0.6 is 0 Å². The molecule has 0 spiro atoms. The molecule has 1 unspecified atom stereocenters. The Morgan fingerprint density at radius 2 is 2.12 bits per heavy atom. The zero-order valence-electron chi connectivity index (χ0n) is 10.2. The van der Waals surface area contributed by atoms with E-state index in [0.29, 0.717) is 6.42 Å². The first-order valence-corrected chi connectivity index (χ1v) is 5.57. The van der Waals surface area contributed by atoms with Crippen molar-refractivity contribution in [2.75, 3.05) is 0 Å². The minimum atomic E-state index is -0.263. The molecule has 0 aliphatic rings. The van der Waals surface area contributed by atoms with E-state index >= 15 is 0 Å². The molecule has 0 aromatic heterocycles. The summed E-state index contributed by atoms with van der Waals surface area (Å²) in [5.74, 6) is -0.263. The summed E-state index contributed by atoms with van der Waals surface area (Å²) in [6.07, 6.45) is 0.380. The molecule has 1 amide bonds. The van der Waals surface area contributed by atoms with E-state index in [1.54, 1.807) is 0 Å². The zero-order chi connectivity index (χ0) is 12.1. The average molecular weight is 220 g/mol. The van der Waals surface area contributed by atoms with Gasteiger partial charge in [0, 0.05) is 19.0 Å². The third kappa shape index (κ3) is 4.03. The highest BCUT2D eigenvalue weighted by atomic mass is 16.1. The lowest BCUT2D eigenvalue weighted by Gasteiger charge is -2.13. The first-order chi connectivity index (χ1) is 7.49. The summed E-state index contributed by atoms with van der Waals surface area (Å²) in [6, 6.07) is 6.51. The van der Waals surface area contributed by atoms with Crippen molar-refractivity contribution in [1.29, 1.82) is 0 Å². The van der Waals surface area contributed by atoms with Crippen LogP contribution in [0.1, 0.15) is 30.0 Å². The number of primary amides is 1. The third-order valence-electron chi connectivity index (χ3n) is 2.65. The molecule has 1 atom stereocenters. The Morgan fingerprint density at radius 1 is 1.44 bits per heavy atom. The van der Waals surface area contributed by atoms with E-state index < -0.39 is 0 Å². The van der Waals surface area contributed by atoms with Crippen molar-refractivity contribution in [3.63, 3.8) is 0 Å². The van der Waals surface area contributed by atoms with E-state index in [1.165, 1.54) is 16.7 Å². The van der Waals surface area contributed by atoms with E-state index in [9.17, 15) is 4.79 Å². The normalized spacial score (nSPS) is 12.4. The van der Waals surface area contributed by atoms with Crippen molar-refractivity contribution in [2.24, 2.45) is 5.73 Å². The second-order valence-corrected chi connectivity index (χ2v) is 4.38. The number of nitrogens with one attached hydrogen (secondary N) is 1. The number of carbonyl (C=O) groups is 1. The highest BCUT2D eigenvalue weighted by Crippen LogP contribution is 2.10. The average Bonchev–Trinajstić information content (AvgIpc) is 2.15. The second kappa shape index (κ2) is 5.66. The molecule has 1 rings (SSSR count). The molecule has 0 fully saturated rings. The Hall–Kier alpha value is -1.35. The summed E-state index contributed by atoms with van der Waals surface area (Å²) in [5, 5.41) is 3.29. The quantitative estimate of drug-likeness (QED) is 0.793. The largest absolute Gasteiger partial charge is 0.370 e. The summed E-state index contributed by atoms with van der Waals surface area (Å²) in [7, 11) is 0. The van der Waals surface area contributed by atoms with Crippen LogP contribution in [0.3, 0.4) is 0 Å². The molecule has 3 nitrogen and oxygen atoms in total. The number of rotatable bonds is 5. The van der Waals surface area contributed by atoms with E-state index in [-0.39, 0.29) is 11.9 Å². The molecule has 0 saturated carbocycles. The van der Waals surface area contributed by atoms with Gasteiger partial charge in [0.15, 0.2) is 0 Å². The molecule has 3 heteroatoms. The smallest absolute Gasteiger partial charge is 0.218 e. The lowest BCUT2D eigenvalue weighted by atomic mass is 10.1. The minimum absolute atomic E-state index is 0.123. The van der Waals surface area contributed by atoms with E-state index in [4.69, 9.17) is 5.73 Å². The maximum Gasteiger partial charge on any atom is 0.218 e. The minimum Gasteiger partial charge on any atom is -0.370 e. The topological polar surface area (TPSA) is 55.1 Å². The first-order valence-electron chi connectivity index (χ1n) is 5.57. The first kappa shape index (κ1) is 12.7. The van der Waals surface area contributed by atoms with Gasteiger partial charge in [0.05, 0.1) is 0 Å². The van der Waals surface area contributed by atoms with Crippen LogP contribution in [0.2, 0.25) is 0 Å². The molecule has 88 valence electrons. The van der Waals surface area contributed by atoms with E-state index in [0.717, 1.165) is 6.54 Å². The molecule has 1 aromatic rings. The summed E-state index contributed by atoms with van der Waals surface area (Å²) in [4.78, 5) is 10.7. The number of nitrogens with two attached hydrogens (primary N) is 1. The fourth-order valence-corrected chi connectivity index (χ4v) is 1.70. The number of amides is 1. The Labute approximate surface area is 97.0 Å². The predicted octanol–water partition coefficient (Wildman–Crippen LogP) is 1.66. The van der Waals surface area contributed by atoms with Crippen LogP contribution in [-0.4, -0.2) is 11.9 Å². The Morgan fingerprint density at radius 3 is 2.69 bits per heavy atom. The van der Waals surface area contributed by atoms with Crippen molar-refractivity contribution >= 4 is 5.91 Å². The molecule has 3 N–H and O–H groups in total. The molecule has 0 aliphatic heterocycles. The Balaban J connectivity index is 2.51. The van der Waals surface area contributed by atoms with E-state index in [2.05, 4.69) is 37.4 Å². The van der Waals surface area contributed by atoms with Crippen LogP contribution in [0.15, 0.2) is 18.2 Å². The van der Waals surface area contributed by atoms with Gasteiger partial charge in [-0.25, -0.2) is 0 Å². The van der Waals surface area contributed by atoms with Crippen LogP contribution in [-0.2, 0) is 11.3 Å². The Bertz CT molecular complexity index is 374. The van der Waals surface area contributed by atoms with Crippen LogP contribution in [0.25, 0.3) is 0 Å². The van der Waals surface area contributed by atoms with Gasteiger partial charge in [0.1, 0.15) is 0 Å². The number of carbonyl (C=O) groups excluding carboxylic acids is 1. The highest BCUT2D eigenvalue weighted by Gasteiger charge is 2.06. The van der Waals surface area contributed by atoms with Crippen LogP contribution in [0.5, 0.6) is 0 Å². The van der Waals surface area contributed by atoms with Gasteiger partial charge in [-0.1, -0.05) is 23.8 Å². The zero-order valence-corrected chi connectivity index (χ0v) is 10.2. The van der Waals surface area contributed by atoms with Gasteiger partial charge in [-0.3, -0.25) is 4.79 Å². The number of benzene rings is 1. The monoisotopic (exact) mass is 220 g/mol. The highest BCUT2D eigenvalue weighted by molar-refractivity contribution is 5.74. The maximum absolute atomic E-state index is 10.7. The number of hydrogen-bond donors (Lipinski definition) is 2. The predicted molar refractivity (Wildman–Crippen MR) is 66.0 cm³/mol. The molecule has 0 bridgehead atoms. The molecule has 0 heterocycles. The van der Waals surface area contributed by atoms with Gasteiger partial charge < -0.3 is 11.1 Å². The lowest BCUT2D eigenvalue weighted by molar-refractivity contribution is -0.118. The molecular weight excluding hydrogens is 200 g/mol. The maximum atomic E-state index is 10.7. The third-order valence-corrected chi connectivity index (χ3v) is 2.65. The SMILES string of the molecule is Cc1ccc(CNC(C)CC(N)=O)c(C)c1. The summed E-state index contributed by atoms with van der Waals surface area (Å²) in [5.41, 5.74) is 8.95. The fraction of sp³-hybridized carbons (Fsp3) is 0.462. The van der Waals surface area contributed by atoms with Gasteiger partial charge in [0.25, 0.3) is 0 Å². The van der Waals surface area contributed by atoms with E-state index in [1.807, 2.05) is 6.92 Å². The number of hydrogen-bond acceptors (Lipinski definition) is 2. The van der Waals surface area contributed by atoms with Crippen molar-refractivity contribution in [3.05, 3.63) is 34.9 Å². The summed E-state index contributed by atoms with van der Waals surface area (Å²) in [6.45, 7) is 6.93. The van der Waals surface area contributed by atoms with Crippen LogP contribution < -0.4 is 11.1 Å². The van der Waals surface area contributed by atoms with Crippen LogP contribution in [0, 0.1) is 13.8 Å². The van der Waals surface area contributed by atoms with Gasteiger partial charge in [-0.15, -0.1) is 0 Å². The second-order valence-electron chi connectivity index (χ2n) is 4.38. The molecule has 0 saturated heterocycles. The summed E-state index contributed by atoms with van der Waals surface area (Å²) < 4.78 is 0. The Kier molecular flexibility index (Phi) is 4.50. The van der Waals surface area contributed by atoms with Crippen LogP contribution in [0.4, 0.5) is 0 Å². The lowest BCUT2D eigenvalue weighted by Crippen LogP contribution is -2.30. The van der Waals surface area contributed by atoms with Crippen molar-refractivity contribution < 1.29 is 4.79 Å². The van der Waals surface area contributed by atoms with Gasteiger partial charge in [-0.2, -0.15) is 0 Å². The standard InChI is InChI=1S/C13H20N2O/c1-9-4-5-12(10(2)6-9)8-15-11(3)7-13(14)16/h4-6,11,15H,7-8H2,1-3H3,(H2,14,16). The van der Waals surface area contributed by atoms with Crippen molar-refractivity contribution in [3.8, 4) is 0 Å².